The molecule has 0 spiro atoms. The highest BCUT2D eigenvalue weighted by Gasteiger charge is 2.11. The monoisotopic (exact) mass is 355 g/mol. The van der Waals surface area contributed by atoms with Crippen LogP contribution in [0.3, 0.4) is 0 Å². The zero-order valence-electron chi connectivity index (χ0n) is 13.9. The topological polar surface area (TPSA) is 73.2 Å². The largest absolute Gasteiger partial charge is 0.495 e. The number of aryl methyl sites for hydroxylation is 1. The maximum atomic E-state index is 12.3. The number of aromatic nitrogens is 2. The van der Waals surface area contributed by atoms with Crippen LogP contribution < -0.4 is 15.6 Å². The van der Waals surface area contributed by atoms with Gasteiger partial charge in [-0.1, -0.05) is 12.1 Å². The third-order valence-electron chi connectivity index (χ3n) is 3.56. The summed E-state index contributed by atoms with van der Waals surface area (Å²) in [6, 6.07) is 12.4. The molecule has 0 aliphatic rings. The summed E-state index contributed by atoms with van der Waals surface area (Å²) in [7, 11) is 1.54. The molecule has 3 rings (SSSR count). The minimum atomic E-state index is -0.346. The van der Waals surface area contributed by atoms with Gasteiger partial charge in [0.25, 0.3) is 5.56 Å². The summed E-state index contributed by atoms with van der Waals surface area (Å²) in [5.74, 6) is 0.216. The Balaban J connectivity index is 1.81. The van der Waals surface area contributed by atoms with Crippen molar-refractivity contribution in [2.24, 2.45) is 0 Å². The van der Waals surface area contributed by atoms with Crippen molar-refractivity contribution in [2.45, 2.75) is 13.5 Å². The molecule has 2 aromatic heterocycles. The molecule has 0 radical (unpaired) electrons. The first-order valence-corrected chi connectivity index (χ1v) is 8.51. The molecule has 0 saturated heterocycles. The highest BCUT2D eigenvalue weighted by atomic mass is 32.1. The first-order valence-electron chi connectivity index (χ1n) is 7.63. The van der Waals surface area contributed by atoms with Gasteiger partial charge in [-0.2, -0.15) is 5.10 Å². The van der Waals surface area contributed by atoms with Crippen molar-refractivity contribution in [3.8, 4) is 16.3 Å². The van der Waals surface area contributed by atoms with E-state index < -0.39 is 0 Å². The zero-order valence-corrected chi connectivity index (χ0v) is 14.7. The number of nitrogens with zero attached hydrogens (tertiary/aromatic N) is 2. The second kappa shape index (κ2) is 7.31. The lowest BCUT2D eigenvalue weighted by Gasteiger charge is -2.11. The predicted molar refractivity (Wildman–Crippen MR) is 98.2 cm³/mol. The van der Waals surface area contributed by atoms with Gasteiger partial charge in [0.2, 0.25) is 5.91 Å². The van der Waals surface area contributed by atoms with E-state index in [0.29, 0.717) is 17.1 Å². The van der Waals surface area contributed by atoms with Gasteiger partial charge in [0.1, 0.15) is 18.0 Å². The standard InChI is InChI=1S/C18H17N3O3S/c1-12-5-7-15(24-2)14(10-12)19-17(22)11-21-18(23)8-6-13(20-21)16-4-3-9-25-16/h3-10H,11H2,1-2H3,(H,19,22). The molecule has 1 amide bonds. The van der Waals surface area contributed by atoms with Gasteiger partial charge >= 0.3 is 0 Å². The quantitative estimate of drug-likeness (QED) is 0.764. The van der Waals surface area contributed by atoms with Crippen molar-refractivity contribution in [3.05, 3.63) is 63.8 Å². The van der Waals surface area contributed by atoms with E-state index >= 15 is 0 Å². The molecule has 3 aromatic rings. The van der Waals surface area contributed by atoms with Crippen LogP contribution in [0.25, 0.3) is 10.6 Å². The van der Waals surface area contributed by atoms with Gasteiger partial charge in [-0.05, 0) is 42.1 Å². The van der Waals surface area contributed by atoms with Crippen LogP contribution in [0.4, 0.5) is 5.69 Å². The molecule has 128 valence electrons. The summed E-state index contributed by atoms with van der Waals surface area (Å²) in [5.41, 5.74) is 1.89. The molecule has 0 aliphatic heterocycles. The Bertz CT molecular complexity index is 948. The van der Waals surface area contributed by atoms with Gasteiger partial charge in [0, 0.05) is 6.07 Å². The molecule has 0 atom stereocenters. The fourth-order valence-corrected chi connectivity index (χ4v) is 3.05. The number of thiophene rings is 1. The van der Waals surface area contributed by atoms with E-state index in [1.165, 1.54) is 24.5 Å². The van der Waals surface area contributed by atoms with Crippen LogP contribution in [0, 0.1) is 6.92 Å². The molecule has 25 heavy (non-hydrogen) atoms. The van der Waals surface area contributed by atoms with Crippen molar-refractivity contribution in [2.75, 3.05) is 12.4 Å². The third-order valence-corrected chi connectivity index (χ3v) is 4.46. The number of carbonyl (C=O) groups excluding carboxylic acids is 1. The fourth-order valence-electron chi connectivity index (χ4n) is 2.36. The van der Waals surface area contributed by atoms with E-state index in [4.69, 9.17) is 4.74 Å². The molecule has 6 nitrogen and oxygen atoms in total. The third kappa shape index (κ3) is 3.95. The van der Waals surface area contributed by atoms with Crippen LogP contribution in [0.2, 0.25) is 0 Å². The Kier molecular flexibility index (Phi) is 4.95. The number of ether oxygens (including phenoxy) is 1. The molecule has 1 N–H and O–H groups in total. The molecule has 1 aromatic carbocycles. The SMILES string of the molecule is COc1ccc(C)cc1NC(=O)Cn1nc(-c2cccs2)ccc1=O. The summed E-state index contributed by atoms with van der Waals surface area (Å²) >= 11 is 1.52. The number of methoxy groups -OCH3 is 1. The first kappa shape index (κ1) is 16.9. The minimum absolute atomic E-state index is 0.171. The van der Waals surface area contributed by atoms with Gasteiger partial charge in [-0.3, -0.25) is 9.59 Å². The molecule has 2 heterocycles. The number of rotatable bonds is 5. The average Bonchev–Trinajstić information content (AvgIpc) is 3.11. The van der Waals surface area contributed by atoms with E-state index in [1.54, 1.807) is 12.1 Å². The van der Waals surface area contributed by atoms with Crippen molar-refractivity contribution in [1.29, 1.82) is 0 Å². The summed E-state index contributed by atoms with van der Waals surface area (Å²) in [5, 5.41) is 8.98. The van der Waals surface area contributed by atoms with Crippen molar-refractivity contribution in [3.63, 3.8) is 0 Å². The van der Waals surface area contributed by atoms with E-state index in [0.717, 1.165) is 15.1 Å². The lowest BCUT2D eigenvalue weighted by atomic mass is 10.2. The zero-order chi connectivity index (χ0) is 17.8. The van der Waals surface area contributed by atoms with E-state index in [9.17, 15) is 9.59 Å². The fraction of sp³-hybridized carbons (Fsp3) is 0.167. The van der Waals surface area contributed by atoms with Crippen LogP contribution in [0.5, 0.6) is 5.75 Å². The second-order valence-corrected chi connectivity index (χ2v) is 6.39. The summed E-state index contributed by atoms with van der Waals surface area (Å²) in [6.07, 6.45) is 0. The summed E-state index contributed by atoms with van der Waals surface area (Å²) in [6.45, 7) is 1.75. The van der Waals surface area contributed by atoms with Gasteiger partial charge < -0.3 is 10.1 Å². The van der Waals surface area contributed by atoms with Crippen LogP contribution in [0.1, 0.15) is 5.56 Å². The number of hydrogen-bond donors (Lipinski definition) is 1. The first-order chi connectivity index (χ1) is 12.1. The van der Waals surface area contributed by atoms with Gasteiger partial charge in [0.15, 0.2) is 0 Å². The number of benzene rings is 1. The van der Waals surface area contributed by atoms with E-state index in [1.807, 2.05) is 36.6 Å². The normalized spacial score (nSPS) is 10.5. The van der Waals surface area contributed by atoms with Gasteiger partial charge in [0.05, 0.1) is 17.7 Å². The Morgan fingerprint density at radius 1 is 1.28 bits per heavy atom. The van der Waals surface area contributed by atoms with Crippen molar-refractivity contribution < 1.29 is 9.53 Å². The average molecular weight is 355 g/mol. The van der Waals surface area contributed by atoms with Crippen LogP contribution in [0.15, 0.2) is 52.6 Å². The number of amides is 1. The minimum Gasteiger partial charge on any atom is -0.495 e. The molecule has 0 saturated carbocycles. The van der Waals surface area contributed by atoms with Crippen LogP contribution >= 0.6 is 11.3 Å². The molecular formula is C18H17N3O3S. The number of nitrogens with one attached hydrogen (secondary N) is 1. The van der Waals surface area contributed by atoms with Crippen molar-refractivity contribution in [1.82, 2.24) is 9.78 Å². The van der Waals surface area contributed by atoms with E-state index in [-0.39, 0.29) is 18.0 Å². The Labute approximate surface area is 148 Å². The molecule has 0 unspecified atom stereocenters. The maximum absolute atomic E-state index is 12.3. The lowest BCUT2D eigenvalue weighted by Crippen LogP contribution is -2.29. The Morgan fingerprint density at radius 3 is 2.84 bits per heavy atom. The molecule has 0 fully saturated rings. The lowest BCUT2D eigenvalue weighted by molar-refractivity contribution is -0.117. The smallest absolute Gasteiger partial charge is 0.267 e. The van der Waals surface area contributed by atoms with Crippen molar-refractivity contribution >= 4 is 22.9 Å². The molecule has 0 aliphatic carbocycles. The highest BCUT2D eigenvalue weighted by Crippen LogP contribution is 2.25. The number of anilines is 1. The van der Waals surface area contributed by atoms with Gasteiger partial charge in [-0.15, -0.1) is 11.3 Å². The van der Waals surface area contributed by atoms with E-state index in [2.05, 4.69) is 10.4 Å². The Morgan fingerprint density at radius 2 is 2.12 bits per heavy atom. The van der Waals surface area contributed by atoms with Gasteiger partial charge in [-0.25, -0.2) is 4.68 Å². The summed E-state index contributed by atoms with van der Waals surface area (Å²) < 4.78 is 6.41. The second-order valence-electron chi connectivity index (χ2n) is 5.44. The predicted octanol–water partition coefficient (Wildman–Crippen LogP) is 2.93. The number of hydrogen-bond acceptors (Lipinski definition) is 5. The molecule has 7 heteroatoms. The van der Waals surface area contributed by atoms with Crippen LogP contribution in [-0.4, -0.2) is 22.8 Å². The van der Waals surface area contributed by atoms with Crippen LogP contribution in [-0.2, 0) is 11.3 Å². The molecule has 0 bridgehead atoms. The molecular weight excluding hydrogens is 338 g/mol. The summed E-state index contributed by atoms with van der Waals surface area (Å²) in [4.78, 5) is 25.3. The highest BCUT2D eigenvalue weighted by molar-refractivity contribution is 7.13. The number of carbonyl (C=O) groups is 1. The Hall–Kier alpha value is -2.93. The maximum Gasteiger partial charge on any atom is 0.267 e.